The zero-order valence-electron chi connectivity index (χ0n) is 18.2. The number of β-amino-alcohol motifs (C(OH)–C–C–N with tert-alkyl or cyclic N) is 1. The second kappa shape index (κ2) is 7.34. The molecule has 0 aliphatic carbocycles. The highest BCUT2D eigenvalue weighted by Crippen LogP contribution is 2.45. The Morgan fingerprint density at radius 3 is 2.81 bits per heavy atom. The number of nitrogens with zero attached hydrogens (tertiary/aromatic N) is 5. The van der Waals surface area contributed by atoms with Crippen LogP contribution in [0.2, 0.25) is 0 Å². The normalized spacial score (nSPS) is 20.5. The number of ether oxygens (including phenoxy) is 1. The van der Waals surface area contributed by atoms with Crippen LogP contribution in [-0.4, -0.2) is 50.6 Å². The fourth-order valence-corrected chi connectivity index (χ4v) is 5.04. The topological polar surface area (TPSA) is 89.4 Å². The van der Waals surface area contributed by atoms with Crippen LogP contribution in [0.3, 0.4) is 0 Å². The van der Waals surface area contributed by atoms with Crippen LogP contribution in [-0.2, 0) is 0 Å². The standard InChI is InChI=1S/C24H25N5O3/c1-14-21(15(2)32-27-14)17-8-9-19-22-23(17)31-13-20(18-7-3-4-10-25-18)29(22)24(26-19)28-11-5-6-16(30)12-28/h3-4,7-10,16,20,30H,5-6,11-13H2,1-2H3/t16-,20+/m0/s1. The van der Waals surface area contributed by atoms with E-state index in [9.17, 15) is 5.11 Å². The van der Waals surface area contributed by atoms with Crippen LogP contribution >= 0.6 is 0 Å². The third kappa shape index (κ3) is 2.90. The van der Waals surface area contributed by atoms with Crippen LogP contribution < -0.4 is 9.64 Å². The third-order valence-electron chi connectivity index (χ3n) is 6.50. The fourth-order valence-electron chi connectivity index (χ4n) is 5.04. The monoisotopic (exact) mass is 431 g/mol. The minimum atomic E-state index is -0.346. The number of benzene rings is 1. The number of hydrogen-bond acceptors (Lipinski definition) is 7. The zero-order chi connectivity index (χ0) is 21.8. The molecule has 0 unspecified atom stereocenters. The Hall–Kier alpha value is -3.39. The van der Waals surface area contributed by atoms with Crippen molar-refractivity contribution in [1.29, 1.82) is 0 Å². The van der Waals surface area contributed by atoms with Crippen LogP contribution in [0.4, 0.5) is 5.95 Å². The second-order valence-electron chi connectivity index (χ2n) is 8.61. The van der Waals surface area contributed by atoms with E-state index in [2.05, 4.69) is 19.6 Å². The average Bonchev–Trinajstić information content (AvgIpc) is 3.36. The molecule has 32 heavy (non-hydrogen) atoms. The van der Waals surface area contributed by atoms with Crippen molar-refractivity contribution in [2.45, 2.75) is 38.8 Å². The van der Waals surface area contributed by atoms with E-state index in [4.69, 9.17) is 14.2 Å². The predicted molar refractivity (Wildman–Crippen MR) is 120 cm³/mol. The number of aliphatic hydroxyl groups excluding tert-OH is 1. The maximum atomic E-state index is 10.3. The van der Waals surface area contributed by atoms with Gasteiger partial charge < -0.3 is 19.3 Å². The number of piperidine rings is 1. The molecule has 3 aromatic heterocycles. The molecule has 2 aliphatic rings. The Balaban J connectivity index is 1.61. The summed E-state index contributed by atoms with van der Waals surface area (Å²) in [6.45, 7) is 5.75. The van der Waals surface area contributed by atoms with E-state index < -0.39 is 0 Å². The van der Waals surface area contributed by atoms with Crippen molar-refractivity contribution in [3.05, 3.63) is 53.7 Å². The molecule has 8 nitrogen and oxygen atoms in total. The van der Waals surface area contributed by atoms with Gasteiger partial charge in [0.1, 0.15) is 23.9 Å². The van der Waals surface area contributed by atoms with Crippen molar-refractivity contribution in [2.24, 2.45) is 0 Å². The van der Waals surface area contributed by atoms with E-state index >= 15 is 0 Å². The van der Waals surface area contributed by atoms with Crippen molar-refractivity contribution < 1.29 is 14.4 Å². The summed E-state index contributed by atoms with van der Waals surface area (Å²) in [6.07, 6.45) is 3.22. The lowest BCUT2D eigenvalue weighted by Crippen LogP contribution is -2.40. The summed E-state index contributed by atoms with van der Waals surface area (Å²) in [5.41, 5.74) is 5.49. The van der Waals surface area contributed by atoms with Gasteiger partial charge in [0.2, 0.25) is 5.95 Å². The molecule has 2 atom stereocenters. The number of aliphatic hydroxyl groups is 1. The Morgan fingerprint density at radius 1 is 1.16 bits per heavy atom. The molecule has 0 amide bonds. The maximum absolute atomic E-state index is 10.3. The first-order chi connectivity index (χ1) is 15.6. The number of rotatable bonds is 3. The van der Waals surface area contributed by atoms with Gasteiger partial charge in [-0.25, -0.2) is 4.98 Å². The molecule has 0 spiro atoms. The predicted octanol–water partition coefficient (Wildman–Crippen LogP) is 3.65. The molecule has 0 saturated carbocycles. The van der Waals surface area contributed by atoms with Gasteiger partial charge in [0.25, 0.3) is 0 Å². The molecule has 1 fully saturated rings. The molecule has 1 N–H and O–H groups in total. The van der Waals surface area contributed by atoms with Crippen molar-refractivity contribution in [2.75, 3.05) is 24.6 Å². The summed E-state index contributed by atoms with van der Waals surface area (Å²) >= 11 is 0. The van der Waals surface area contributed by atoms with Crippen molar-refractivity contribution >= 4 is 17.0 Å². The van der Waals surface area contributed by atoms with Gasteiger partial charge in [-0.05, 0) is 51.0 Å². The smallest absolute Gasteiger partial charge is 0.207 e. The molecular formula is C24H25N5O3. The third-order valence-corrected chi connectivity index (χ3v) is 6.50. The number of aryl methyl sites for hydroxylation is 2. The Bertz CT molecular complexity index is 1280. The van der Waals surface area contributed by atoms with Gasteiger partial charge >= 0.3 is 0 Å². The first kappa shape index (κ1) is 19.3. The minimum absolute atomic E-state index is 0.109. The van der Waals surface area contributed by atoms with E-state index in [-0.39, 0.29) is 12.1 Å². The fraction of sp³-hybridized carbons (Fsp3) is 0.375. The summed E-state index contributed by atoms with van der Waals surface area (Å²) in [5, 5.41) is 14.5. The quantitative estimate of drug-likeness (QED) is 0.530. The zero-order valence-corrected chi connectivity index (χ0v) is 18.2. The highest BCUT2D eigenvalue weighted by atomic mass is 16.5. The number of pyridine rings is 1. The number of imidazole rings is 1. The first-order valence-corrected chi connectivity index (χ1v) is 11.1. The summed E-state index contributed by atoms with van der Waals surface area (Å²) in [7, 11) is 0. The van der Waals surface area contributed by atoms with E-state index in [1.807, 2.05) is 50.4 Å². The lowest BCUT2D eigenvalue weighted by molar-refractivity contribution is 0.152. The molecule has 4 aromatic rings. The Morgan fingerprint density at radius 2 is 2.06 bits per heavy atom. The molecular weight excluding hydrogens is 406 g/mol. The Labute approximate surface area is 185 Å². The number of aromatic nitrogens is 4. The van der Waals surface area contributed by atoms with Gasteiger partial charge in [-0.1, -0.05) is 11.2 Å². The van der Waals surface area contributed by atoms with Gasteiger partial charge in [-0.2, -0.15) is 0 Å². The average molecular weight is 431 g/mol. The van der Waals surface area contributed by atoms with Crippen LogP contribution in [0.5, 0.6) is 5.75 Å². The van der Waals surface area contributed by atoms with E-state index in [1.165, 1.54) is 0 Å². The molecule has 0 radical (unpaired) electrons. The van der Waals surface area contributed by atoms with Crippen molar-refractivity contribution in [1.82, 2.24) is 19.7 Å². The largest absolute Gasteiger partial charge is 0.488 e. The molecule has 8 heteroatoms. The Kier molecular flexibility index (Phi) is 4.43. The van der Waals surface area contributed by atoms with Crippen LogP contribution in [0, 0.1) is 13.8 Å². The molecule has 5 heterocycles. The van der Waals surface area contributed by atoms with Crippen LogP contribution in [0.15, 0.2) is 41.1 Å². The van der Waals surface area contributed by atoms with Gasteiger partial charge in [0, 0.05) is 24.8 Å². The van der Waals surface area contributed by atoms with E-state index in [1.54, 1.807) is 0 Å². The summed E-state index contributed by atoms with van der Waals surface area (Å²) in [6, 6.07) is 9.90. The SMILES string of the molecule is Cc1noc(C)c1-c1ccc2nc(N3CCC[C@H](O)C3)n3c2c1OC[C@@H]3c1ccccn1. The highest BCUT2D eigenvalue weighted by molar-refractivity contribution is 5.94. The van der Waals surface area contributed by atoms with Gasteiger partial charge in [-0.15, -0.1) is 0 Å². The van der Waals surface area contributed by atoms with E-state index in [0.29, 0.717) is 13.2 Å². The first-order valence-electron chi connectivity index (χ1n) is 11.1. The molecule has 1 saturated heterocycles. The minimum Gasteiger partial charge on any atom is -0.488 e. The summed E-state index contributed by atoms with van der Waals surface area (Å²) in [4.78, 5) is 11.8. The van der Waals surface area contributed by atoms with Gasteiger partial charge in [0.15, 0.2) is 5.75 Å². The van der Waals surface area contributed by atoms with Gasteiger partial charge in [0.05, 0.1) is 28.6 Å². The van der Waals surface area contributed by atoms with Gasteiger partial charge in [-0.3, -0.25) is 9.55 Å². The molecule has 2 aliphatic heterocycles. The molecule has 164 valence electrons. The lowest BCUT2D eigenvalue weighted by Gasteiger charge is -2.34. The van der Waals surface area contributed by atoms with Crippen LogP contribution in [0.25, 0.3) is 22.2 Å². The lowest BCUT2D eigenvalue weighted by atomic mass is 10.0. The van der Waals surface area contributed by atoms with E-state index in [0.717, 1.165) is 70.4 Å². The van der Waals surface area contributed by atoms with Crippen LogP contribution in [0.1, 0.15) is 36.0 Å². The molecule has 0 bridgehead atoms. The summed E-state index contributed by atoms with van der Waals surface area (Å²) < 4.78 is 14.1. The highest BCUT2D eigenvalue weighted by Gasteiger charge is 2.34. The summed E-state index contributed by atoms with van der Waals surface area (Å²) in [5.74, 6) is 2.41. The molecule has 6 rings (SSSR count). The van der Waals surface area contributed by atoms with Crippen molar-refractivity contribution in [3.63, 3.8) is 0 Å². The number of anilines is 1. The second-order valence-corrected chi connectivity index (χ2v) is 8.61. The van der Waals surface area contributed by atoms with Crippen molar-refractivity contribution in [3.8, 4) is 16.9 Å². The maximum Gasteiger partial charge on any atom is 0.207 e. The number of hydrogen-bond donors (Lipinski definition) is 1. The molecule has 1 aromatic carbocycles.